The average Bonchev–Trinajstić information content (AvgIpc) is 3.07. The Morgan fingerprint density at radius 3 is 2.58 bits per heavy atom. The molecule has 3 heterocycles. The van der Waals surface area contributed by atoms with E-state index in [1.54, 1.807) is 23.5 Å². The molecule has 1 N–H and O–H groups in total. The molecule has 2 aliphatic rings. The molecule has 1 atom stereocenters. The minimum atomic E-state index is -4.73. The highest BCUT2D eigenvalue weighted by atomic mass is 32.1. The van der Waals surface area contributed by atoms with Crippen LogP contribution in [0.3, 0.4) is 0 Å². The van der Waals surface area contributed by atoms with Crippen LogP contribution in [-0.4, -0.2) is 66.6 Å². The summed E-state index contributed by atoms with van der Waals surface area (Å²) in [6.45, 7) is 4.12. The quantitative estimate of drug-likeness (QED) is 0.774. The van der Waals surface area contributed by atoms with Gasteiger partial charge in [-0.05, 0) is 19.1 Å². The molecule has 7 nitrogen and oxygen atoms in total. The van der Waals surface area contributed by atoms with E-state index >= 15 is 0 Å². The molecule has 166 valence electrons. The molecule has 1 aromatic heterocycles. The molecule has 0 bridgehead atoms. The third kappa shape index (κ3) is 4.67. The molecule has 1 fully saturated rings. The lowest BCUT2D eigenvalue weighted by Gasteiger charge is -2.37. The Hall–Kier alpha value is -2.66. The third-order valence-corrected chi connectivity index (χ3v) is 6.40. The number of fused-ring (bicyclic) bond motifs is 1. The number of nitrogens with one attached hydrogen (secondary N) is 1. The molecule has 2 aromatic rings. The van der Waals surface area contributed by atoms with Gasteiger partial charge >= 0.3 is 6.18 Å². The van der Waals surface area contributed by atoms with E-state index in [1.807, 2.05) is 17.2 Å². The monoisotopic (exact) mass is 453 g/mol. The van der Waals surface area contributed by atoms with Gasteiger partial charge in [-0.2, -0.15) is 13.2 Å². The molecule has 11 heteroatoms. The number of aryl methyl sites for hydroxylation is 1. The second kappa shape index (κ2) is 8.46. The van der Waals surface area contributed by atoms with Crippen LogP contribution in [0.2, 0.25) is 0 Å². The minimum Gasteiger partial charge on any atom is -0.346 e. The summed E-state index contributed by atoms with van der Waals surface area (Å²) in [4.78, 5) is 34.3. The zero-order valence-corrected chi connectivity index (χ0v) is 17.7. The Morgan fingerprint density at radius 2 is 1.94 bits per heavy atom. The predicted octanol–water partition coefficient (Wildman–Crippen LogP) is 2.88. The molecule has 1 saturated heterocycles. The van der Waals surface area contributed by atoms with Crippen LogP contribution in [0.4, 0.5) is 29.7 Å². The Morgan fingerprint density at radius 1 is 1.23 bits per heavy atom. The summed E-state index contributed by atoms with van der Waals surface area (Å²) in [5.74, 6) is -1.44. The van der Waals surface area contributed by atoms with Crippen LogP contribution in [0.25, 0.3) is 0 Å². The number of thiazole rings is 1. The van der Waals surface area contributed by atoms with Crippen LogP contribution >= 0.6 is 11.3 Å². The normalized spacial score (nSPS) is 20.3. The standard InChI is InChI=1S/C20H22F3N5O2S/c1-13-12-31-19(24-13)27-8-6-26(7-9-27)11-18(30)28-15-5-3-2-4-14(15)25-17(29)10-16(28)20(21,22)23/h2-5,12,16H,6-11H2,1H3,(H,25,29). The fourth-order valence-electron chi connectivity index (χ4n) is 3.85. The van der Waals surface area contributed by atoms with Gasteiger partial charge < -0.3 is 10.2 Å². The zero-order valence-electron chi connectivity index (χ0n) is 16.9. The number of para-hydroxylation sites is 2. The number of halogens is 3. The van der Waals surface area contributed by atoms with Crippen molar-refractivity contribution >= 4 is 39.7 Å². The lowest BCUT2D eigenvalue weighted by Crippen LogP contribution is -2.55. The minimum absolute atomic E-state index is 0.0672. The number of rotatable bonds is 3. The lowest BCUT2D eigenvalue weighted by atomic mass is 10.1. The van der Waals surface area contributed by atoms with Gasteiger partial charge in [-0.3, -0.25) is 19.4 Å². The Balaban J connectivity index is 1.51. The molecule has 0 spiro atoms. The third-order valence-electron chi connectivity index (χ3n) is 5.38. The maximum absolute atomic E-state index is 13.8. The van der Waals surface area contributed by atoms with Crippen molar-refractivity contribution in [2.24, 2.45) is 0 Å². The van der Waals surface area contributed by atoms with Crippen molar-refractivity contribution in [1.82, 2.24) is 9.88 Å². The van der Waals surface area contributed by atoms with Crippen molar-refractivity contribution in [1.29, 1.82) is 0 Å². The van der Waals surface area contributed by atoms with Gasteiger partial charge in [0.25, 0.3) is 0 Å². The number of amides is 2. The number of anilines is 3. The van der Waals surface area contributed by atoms with E-state index in [4.69, 9.17) is 0 Å². The highest BCUT2D eigenvalue weighted by Crippen LogP contribution is 2.37. The van der Waals surface area contributed by atoms with E-state index in [2.05, 4.69) is 15.2 Å². The Kier molecular flexibility index (Phi) is 5.89. The van der Waals surface area contributed by atoms with Crippen LogP contribution in [-0.2, 0) is 9.59 Å². The topological polar surface area (TPSA) is 68.8 Å². The summed E-state index contributed by atoms with van der Waals surface area (Å²) in [6.07, 6.45) is -5.56. The van der Waals surface area contributed by atoms with Gasteiger partial charge in [0.05, 0.1) is 30.0 Å². The van der Waals surface area contributed by atoms with Crippen molar-refractivity contribution in [3.05, 3.63) is 35.3 Å². The summed E-state index contributed by atoms with van der Waals surface area (Å²) in [5, 5.41) is 5.36. The first kappa shape index (κ1) is 21.6. The Bertz CT molecular complexity index is 972. The van der Waals surface area contributed by atoms with E-state index in [9.17, 15) is 22.8 Å². The first-order valence-electron chi connectivity index (χ1n) is 9.89. The van der Waals surface area contributed by atoms with Crippen LogP contribution < -0.4 is 15.1 Å². The van der Waals surface area contributed by atoms with Crippen molar-refractivity contribution in [2.45, 2.75) is 25.6 Å². The summed E-state index contributed by atoms with van der Waals surface area (Å²) in [5.41, 5.74) is 1.22. The number of hydrogen-bond acceptors (Lipinski definition) is 6. The lowest BCUT2D eigenvalue weighted by molar-refractivity contribution is -0.158. The van der Waals surface area contributed by atoms with E-state index in [1.165, 1.54) is 12.1 Å². The molecule has 0 radical (unpaired) electrons. The molecule has 31 heavy (non-hydrogen) atoms. The van der Waals surface area contributed by atoms with Crippen LogP contribution in [0.1, 0.15) is 12.1 Å². The smallest absolute Gasteiger partial charge is 0.346 e. The highest BCUT2D eigenvalue weighted by molar-refractivity contribution is 7.13. The first-order chi connectivity index (χ1) is 14.7. The number of nitrogens with zero attached hydrogens (tertiary/aromatic N) is 4. The Labute approximate surface area is 181 Å². The molecular weight excluding hydrogens is 431 g/mol. The van der Waals surface area contributed by atoms with Crippen LogP contribution in [0, 0.1) is 6.92 Å². The zero-order chi connectivity index (χ0) is 22.2. The molecule has 2 amide bonds. The predicted molar refractivity (Wildman–Crippen MR) is 113 cm³/mol. The van der Waals surface area contributed by atoms with Gasteiger partial charge in [-0.15, -0.1) is 11.3 Å². The second-order valence-electron chi connectivity index (χ2n) is 7.63. The van der Waals surface area contributed by atoms with E-state index in [0.29, 0.717) is 26.2 Å². The summed E-state index contributed by atoms with van der Waals surface area (Å²) in [6, 6.07) is 3.89. The van der Waals surface area contributed by atoms with Gasteiger partial charge in [0, 0.05) is 31.6 Å². The molecule has 1 unspecified atom stereocenters. The second-order valence-corrected chi connectivity index (χ2v) is 8.46. The molecule has 0 aliphatic carbocycles. The number of carbonyl (C=O) groups excluding carboxylic acids is 2. The van der Waals surface area contributed by atoms with Crippen molar-refractivity contribution in [2.75, 3.05) is 47.8 Å². The number of alkyl halides is 3. The number of carbonyl (C=O) groups is 2. The summed E-state index contributed by atoms with van der Waals surface area (Å²) < 4.78 is 41.5. The SMILES string of the molecule is Cc1csc(N2CCN(CC(=O)N3c4ccccc4NC(=O)CC3C(F)(F)F)CC2)n1. The van der Waals surface area contributed by atoms with Crippen molar-refractivity contribution in [3.8, 4) is 0 Å². The average molecular weight is 453 g/mol. The fourth-order valence-corrected chi connectivity index (χ4v) is 4.70. The molecule has 0 saturated carbocycles. The van der Waals surface area contributed by atoms with Crippen molar-refractivity contribution < 1.29 is 22.8 Å². The molecule has 4 rings (SSSR count). The highest BCUT2D eigenvalue weighted by Gasteiger charge is 2.49. The number of benzene rings is 1. The van der Waals surface area contributed by atoms with Gasteiger partial charge in [-0.1, -0.05) is 12.1 Å². The van der Waals surface area contributed by atoms with E-state index < -0.39 is 30.5 Å². The van der Waals surface area contributed by atoms with Crippen LogP contribution in [0.5, 0.6) is 0 Å². The van der Waals surface area contributed by atoms with Gasteiger partial charge in [0.1, 0.15) is 6.04 Å². The van der Waals surface area contributed by atoms with Crippen molar-refractivity contribution in [3.63, 3.8) is 0 Å². The molecule has 2 aliphatic heterocycles. The van der Waals surface area contributed by atoms with E-state index in [0.717, 1.165) is 15.7 Å². The van der Waals surface area contributed by atoms with Gasteiger partial charge in [-0.25, -0.2) is 4.98 Å². The number of piperazine rings is 1. The van der Waals surface area contributed by atoms with Gasteiger partial charge in [0.15, 0.2) is 5.13 Å². The van der Waals surface area contributed by atoms with Crippen LogP contribution in [0.15, 0.2) is 29.6 Å². The molecule has 1 aromatic carbocycles. The maximum Gasteiger partial charge on any atom is 0.409 e. The number of aromatic nitrogens is 1. The fraction of sp³-hybridized carbons (Fsp3) is 0.450. The van der Waals surface area contributed by atoms with E-state index in [-0.39, 0.29) is 17.9 Å². The summed E-state index contributed by atoms with van der Waals surface area (Å²) in [7, 11) is 0. The largest absolute Gasteiger partial charge is 0.409 e. The van der Waals surface area contributed by atoms with Gasteiger partial charge in [0.2, 0.25) is 11.8 Å². The first-order valence-corrected chi connectivity index (χ1v) is 10.8. The maximum atomic E-state index is 13.8. The number of hydrogen-bond donors (Lipinski definition) is 1. The summed E-state index contributed by atoms with van der Waals surface area (Å²) >= 11 is 1.55. The molecular formula is C20H22F3N5O2S.